The molecule has 0 aromatic heterocycles. The van der Waals surface area contributed by atoms with Crippen molar-refractivity contribution in [1.82, 2.24) is 0 Å². The second kappa shape index (κ2) is 10.9. The van der Waals surface area contributed by atoms with Gasteiger partial charge in [0.2, 0.25) is 0 Å². The molecule has 4 rings (SSSR count). The van der Waals surface area contributed by atoms with E-state index in [9.17, 15) is 0 Å². The van der Waals surface area contributed by atoms with Crippen LogP contribution in [-0.2, 0) is 0 Å². The summed E-state index contributed by atoms with van der Waals surface area (Å²) < 4.78 is 11.4. The van der Waals surface area contributed by atoms with Crippen molar-refractivity contribution in [2.45, 2.75) is 39.5 Å². The fourth-order valence-corrected chi connectivity index (χ4v) is 4.08. The van der Waals surface area contributed by atoms with E-state index < -0.39 is 0 Å². The zero-order valence-electron chi connectivity index (χ0n) is 19.9. The average molecular weight is 437 g/mol. The molecule has 2 heteroatoms. The lowest BCUT2D eigenvalue weighted by molar-refractivity contribution is 0.233. The van der Waals surface area contributed by atoms with Gasteiger partial charge in [0.1, 0.15) is 11.5 Å². The molecule has 0 fully saturated rings. The van der Waals surface area contributed by atoms with Crippen molar-refractivity contribution in [3.63, 3.8) is 0 Å². The Hall–Kier alpha value is -3.44. The maximum Gasteiger partial charge on any atom is 0.119 e. The average Bonchev–Trinajstić information content (AvgIpc) is 2.87. The van der Waals surface area contributed by atoms with E-state index in [0.29, 0.717) is 5.92 Å². The third-order valence-electron chi connectivity index (χ3n) is 6.24. The van der Waals surface area contributed by atoms with Crippen LogP contribution in [0.25, 0.3) is 21.5 Å². The molecule has 0 spiro atoms. The fourth-order valence-electron chi connectivity index (χ4n) is 4.08. The van der Waals surface area contributed by atoms with Crippen LogP contribution in [0, 0.1) is 17.8 Å². The molecule has 0 radical (unpaired) electrons. The molecular formula is C31H32O2. The molecule has 0 amide bonds. The number of ether oxygens (including phenoxy) is 2. The largest absolute Gasteiger partial charge is 0.497 e. The van der Waals surface area contributed by atoms with Crippen LogP contribution in [0.5, 0.6) is 11.5 Å². The molecule has 4 aromatic rings. The van der Waals surface area contributed by atoms with Crippen LogP contribution in [0.15, 0.2) is 72.8 Å². The molecule has 0 aliphatic rings. The van der Waals surface area contributed by atoms with Crippen LogP contribution in [0.2, 0.25) is 0 Å². The summed E-state index contributed by atoms with van der Waals surface area (Å²) in [4.78, 5) is 0. The van der Waals surface area contributed by atoms with E-state index in [0.717, 1.165) is 40.0 Å². The van der Waals surface area contributed by atoms with Gasteiger partial charge in [0.15, 0.2) is 0 Å². The zero-order chi connectivity index (χ0) is 23.0. The van der Waals surface area contributed by atoms with Gasteiger partial charge in [-0.15, -0.1) is 0 Å². The fraction of sp³-hybridized carbons (Fsp3) is 0.290. The van der Waals surface area contributed by atoms with E-state index in [4.69, 9.17) is 9.47 Å². The second-order valence-electron chi connectivity index (χ2n) is 8.63. The van der Waals surface area contributed by atoms with E-state index in [-0.39, 0.29) is 0 Å². The van der Waals surface area contributed by atoms with Crippen LogP contribution in [0.3, 0.4) is 0 Å². The van der Waals surface area contributed by atoms with Crippen LogP contribution >= 0.6 is 0 Å². The highest BCUT2D eigenvalue weighted by Gasteiger charge is 2.07. The summed E-state index contributed by atoms with van der Waals surface area (Å²) in [7, 11) is 1.69. The molecule has 0 aliphatic heterocycles. The van der Waals surface area contributed by atoms with E-state index in [1.807, 2.05) is 12.1 Å². The van der Waals surface area contributed by atoms with E-state index >= 15 is 0 Å². The smallest absolute Gasteiger partial charge is 0.119 e. The monoisotopic (exact) mass is 436 g/mol. The summed E-state index contributed by atoms with van der Waals surface area (Å²) in [6.45, 7) is 5.29. The Bertz CT molecular complexity index is 1290. The standard InChI is InChI=1S/C31H32O2/c1-4-6-7-23(5-2)22-33-31-17-15-27-19-25(11-13-29(27)21-31)9-8-24-10-12-28-20-30(32-3)16-14-26(28)18-24/h10-21,23H,4-7,22H2,1-3H3. The van der Waals surface area contributed by atoms with Gasteiger partial charge in [-0.05, 0) is 82.4 Å². The third kappa shape index (κ3) is 5.88. The maximum atomic E-state index is 6.11. The molecule has 0 aliphatic carbocycles. The quantitative estimate of drug-likeness (QED) is 0.261. The minimum atomic E-state index is 0.635. The first-order chi connectivity index (χ1) is 16.2. The van der Waals surface area contributed by atoms with Gasteiger partial charge in [-0.2, -0.15) is 0 Å². The van der Waals surface area contributed by atoms with Crippen molar-refractivity contribution in [2.75, 3.05) is 13.7 Å². The molecule has 2 nitrogen and oxygen atoms in total. The predicted octanol–water partition coefficient (Wildman–Crippen LogP) is 8.00. The zero-order valence-corrected chi connectivity index (χ0v) is 19.9. The Morgan fingerprint density at radius 2 is 1.24 bits per heavy atom. The van der Waals surface area contributed by atoms with E-state index in [1.54, 1.807) is 7.11 Å². The Morgan fingerprint density at radius 3 is 1.82 bits per heavy atom. The summed E-state index contributed by atoms with van der Waals surface area (Å²) in [5.41, 5.74) is 2.02. The minimum Gasteiger partial charge on any atom is -0.497 e. The topological polar surface area (TPSA) is 18.5 Å². The second-order valence-corrected chi connectivity index (χ2v) is 8.63. The van der Waals surface area contributed by atoms with Gasteiger partial charge < -0.3 is 9.47 Å². The number of hydrogen-bond donors (Lipinski definition) is 0. The van der Waals surface area contributed by atoms with Crippen molar-refractivity contribution in [3.05, 3.63) is 83.9 Å². The molecule has 0 heterocycles. The van der Waals surface area contributed by atoms with E-state index in [2.05, 4.69) is 86.4 Å². The van der Waals surface area contributed by atoms with Gasteiger partial charge in [0.05, 0.1) is 13.7 Å². The van der Waals surface area contributed by atoms with Gasteiger partial charge in [-0.25, -0.2) is 0 Å². The third-order valence-corrected chi connectivity index (χ3v) is 6.24. The lowest BCUT2D eigenvalue weighted by Gasteiger charge is -2.15. The van der Waals surface area contributed by atoms with Crippen LogP contribution in [0.4, 0.5) is 0 Å². The van der Waals surface area contributed by atoms with Crippen molar-refractivity contribution in [3.8, 4) is 23.3 Å². The highest BCUT2D eigenvalue weighted by atomic mass is 16.5. The molecule has 0 saturated heterocycles. The summed E-state index contributed by atoms with van der Waals surface area (Å²) in [5.74, 6) is 9.08. The molecular weight excluding hydrogens is 404 g/mol. The van der Waals surface area contributed by atoms with Crippen molar-refractivity contribution < 1.29 is 9.47 Å². The molecule has 0 N–H and O–H groups in total. The first kappa shape index (κ1) is 22.7. The maximum absolute atomic E-state index is 6.11. The number of rotatable bonds is 8. The first-order valence-corrected chi connectivity index (χ1v) is 11.9. The lowest BCUT2D eigenvalue weighted by atomic mass is 10.0. The molecule has 1 atom stereocenters. The molecule has 33 heavy (non-hydrogen) atoms. The lowest BCUT2D eigenvalue weighted by Crippen LogP contribution is -2.11. The predicted molar refractivity (Wildman–Crippen MR) is 139 cm³/mol. The van der Waals surface area contributed by atoms with Gasteiger partial charge in [-0.1, -0.05) is 69.2 Å². The summed E-state index contributed by atoms with van der Waals surface area (Å²) >= 11 is 0. The normalized spacial score (nSPS) is 11.7. The first-order valence-electron chi connectivity index (χ1n) is 11.9. The Kier molecular flexibility index (Phi) is 7.53. The van der Waals surface area contributed by atoms with Gasteiger partial charge in [0.25, 0.3) is 0 Å². The van der Waals surface area contributed by atoms with Crippen LogP contribution in [-0.4, -0.2) is 13.7 Å². The summed E-state index contributed by atoms with van der Waals surface area (Å²) in [5, 5.41) is 4.67. The Morgan fingerprint density at radius 1 is 0.697 bits per heavy atom. The Balaban J connectivity index is 1.47. The molecule has 168 valence electrons. The number of hydrogen-bond acceptors (Lipinski definition) is 2. The molecule has 0 bridgehead atoms. The number of fused-ring (bicyclic) bond motifs is 2. The summed E-state index contributed by atoms with van der Waals surface area (Å²) in [6, 6.07) is 25.1. The van der Waals surface area contributed by atoms with Gasteiger partial charge in [-0.3, -0.25) is 0 Å². The molecule has 4 aromatic carbocycles. The van der Waals surface area contributed by atoms with Crippen LogP contribution in [0.1, 0.15) is 50.7 Å². The van der Waals surface area contributed by atoms with Crippen molar-refractivity contribution >= 4 is 21.5 Å². The molecule has 1 unspecified atom stereocenters. The van der Waals surface area contributed by atoms with E-state index in [1.165, 1.54) is 36.5 Å². The summed E-state index contributed by atoms with van der Waals surface area (Å²) in [6.07, 6.45) is 4.93. The van der Waals surface area contributed by atoms with Gasteiger partial charge in [0, 0.05) is 11.1 Å². The SMILES string of the molecule is CCCCC(CC)COc1ccc2cc(C#Cc3ccc4cc(OC)ccc4c3)ccc2c1. The highest BCUT2D eigenvalue weighted by molar-refractivity contribution is 5.86. The van der Waals surface area contributed by atoms with Gasteiger partial charge >= 0.3 is 0 Å². The van der Waals surface area contributed by atoms with Crippen LogP contribution < -0.4 is 9.47 Å². The number of benzene rings is 4. The highest BCUT2D eigenvalue weighted by Crippen LogP contribution is 2.24. The number of unbranched alkanes of at least 4 members (excludes halogenated alkanes) is 1. The van der Waals surface area contributed by atoms with Crippen molar-refractivity contribution in [1.29, 1.82) is 0 Å². The molecule has 0 saturated carbocycles. The number of methoxy groups -OCH3 is 1. The van der Waals surface area contributed by atoms with Crippen molar-refractivity contribution in [2.24, 2.45) is 5.92 Å². The Labute approximate surface area is 197 Å². The minimum absolute atomic E-state index is 0.635.